The van der Waals surface area contributed by atoms with Crippen molar-refractivity contribution < 1.29 is 14.7 Å². The molecule has 0 aromatic heterocycles. The van der Waals surface area contributed by atoms with Crippen LogP contribution in [0.1, 0.15) is 27.9 Å². The number of hydrogen-bond donors (Lipinski definition) is 2. The molecule has 1 unspecified atom stereocenters. The number of fused-ring (bicyclic) bond motifs is 1. The topological polar surface area (TPSA) is 66.4 Å². The molecule has 0 saturated heterocycles. The van der Waals surface area contributed by atoms with Gasteiger partial charge in [-0.25, -0.2) is 0 Å². The van der Waals surface area contributed by atoms with Gasteiger partial charge in [-0.2, -0.15) is 0 Å². The van der Waals surface area contributed by atoms with Gasteiger partial charge < -0.3 is 10.4 Å². The van der Waals surface area contributed by atoms with E-state index >= 15 is 0 Å². The second-order valence-electron chi connectivity index (χ2n) is 5.27. The molecule has 2 N–H and O–H groups in total. The first-order valence-electron chi connectivity index (χ1n) is 6.74. The number of hydrogen-bond acceptors (Lipinski definition) is 3. The van der Waals surface area contributed by atoms with Crippen LogP contribution in [0.2, 0.25) is 0 Å². The van der Waals surface area contributed by atoms with E-state index < -0.39 is 11.5 Å². The number of ketones is 1. The SMILES string of the molecule is Cc1ccccc1C(=O)CC1(O)C(=O)Nc2ccccc21. The van der Waals surface area contributed by atoms with E-state index in [2.05, 4.69) is 5.32 Å². The minimum atomic E-state index is -1.80. The van der Waals surface area contributed by atoms with Crippen molar-refractivity contribution in [2.24, 2.45) is 0 Å². The molecule has 0 radical (unpaired) electrons. The molecule has 1 aliphatic heterocycles. The standard InChI is InChI=1S/C17H15NO3/c1-11-6-2-3-7-12(11)15(19)10-17(21)13-8-4-5-9-14(13)18-16(17)20/h2-9,21H,10H2,1H3,(H,18,20). The van der Waals surface area contributed by atoms with E-state index in [4.69, 9.17) is 0 Å². The summed E-state index contributed by atoms with van der Waals surface area (Å²) in [4.78, 5) is 24.5. The fourth-order valence-electron chi connectivity index (χ4n) is 2.69. The van der Waals surface area contributed by atoms with Crippen LogP contribution in [0.4, 0.5) is 5.69 Å². The van der Waals surface area contributed by atoms with Crippen LogP contribution in [-0.4, -0.2) is 16.8 Å². The van der Waals surface area contributed by atoms with Gasteiger partial charge in [0.15, 0.2) is 11.4 Å². The highest BCUT2D eigenvalue weighted by Crippen LogP contribution is 2.38. The maximum atomic E-state index is 12.4. The first-order chi connectivity index (χ1) is 10.0. The number of aliphatic hydroxyl groups is 1. The van der Waals surface area contributed by atoms with Gasteiger partial charge in [-0.05, 0) is 18.6 Å². The number of aryl methyl sites for hydroxylation is 1. The second kappa shape index (κ2) is 4.82. The Morgan fingerprint density at radius 2 is 1.81 bits per heavy atom. The van der Waals surface area contributed by atoms with Crippen LogP contribution in [0, 0.1) is 6.92 Å². The van der Waals surface area contributed by atoms with Crippen molar-refractivity contribution in [3.63, 3.8) is 0 Å². The molecule has 0 aliphatic carbocycles. The van der Waals surface area contributed by atoms with E-state index in [1.54, 1.807) is 36.4 Å². The minimum absolute atomic E-state index is 0.248. The van der Waals surface area contributed by atoms with E-state index in [1.807, 2.05) is 19.1 Å². The molecule has 4 heteroatoms. The lowest BCUT2D eigenvalue weighted by Crippen LogP contribution is -2.36. The molecular weight excluding hydrogens is 266 g/mol. The van der Waals surface area contributed by atoms with Gasteiger partial charge in [0.1, 0.15) is 0 Å². The smallest absolute Gasteiger partial charge is 0.261 e. The third-order valence-electron chi connectivity index (χ3n) is 3.86. The summed E-state index contributed by atoms with van der Waals surface area (Å²) in [6.07, 6.45) is -0.263. The summed E-state index contributed by atoms with van der Waals surface area (Å²) in [6, 6.07) is 14.0. The van der Waals surface area contributed by atoms with Gasteiger partial charge in [0.25, 0.3) is 5.91 Å². The van der Waals surface area contributed by atoms with Gasteiger partial charge in [-0.1, -0.05) is 42.5 Å². The molecule has 0 spiro atoms. The van der Waals surface area contributed by atoms with Gasteiger partial charge in [0.05, 0.1) is 6.42 Å². The minimum Gasteiger partial charge on any atom is -0.375 e. The largest absolute Gasteiger partial charge is 0.375 e. The Labute approximate surface area is 122 Å². The Kier molecular flexibility index (Phi) is 3.11. The molecule has 0 fully saturated rings. The van der Waals surface area contributed by atoms with Crippen molar-refractivity contribution in [2.45, 2.75) is 18.9 Å². The average molecular weight is 281 g/mol. The van der Waals surface area contributed by atoms with Crippen LogP contribution in [0.3, 0.4) is 0 Å². The summed E-state index contributed by atoms with van der Waals surface area (Å²) in [6.45, 7) is 1.83. The Morgan fingerprint density at radius 3 is 2.57 bits per heavy atom. The van der Waals surface area contributed by atoms with Gasteiger partial charge in [0.2, 0.25) is 0 Å². The van der Waals surface area contributed by atoms with E-state index in [1.165, 1.54) is 0 Å². The third kappa shape index (κ3) is 2.14. The number of nitrogens with one attached hydrogen (secondary N) is 1. The molecular formula is C17H15NO3. The molecule has 106 valence electrons. The monoisotopic (exact) mass is 281 g/mol. The molecule has 2 aromatic carbocycles. The Balaban J connectivity index is 1.96. The predicted octanol–water partition coefficient (Wildman–Crippen LogP) is 2.41. The third-order valence-corrected chi connectivity index (χ3v) is 3.86. The zero-order chi connectivity index (χ0) is 15.0. The molecule has 3 rings (SSSR count). The number of Topliss-reactive ketones (excluding diaryl/α,β-unsaturated/α-hetero) is 1. The van der Waals surface area contributed by atoms with E-state index in [0.717, 1.165) is 5.56 Å². The summed E-state index contributed by atoms with van der Waals surface area (Å²) >= 11 is 0. The highest BCUT2D eigenvalue weighted by Gasteiger charge is 2.46. The fraction of sp³-hybridized carbons (Fsp3) is 0.176. The number of carbonyl (C=O) groups is 2. The molecule has 4 nitrogen and oxygen atoms in total. The first kappa shape index (κ1) is 13.5. The summed E-state index contributed by atoms with van der Waals surface area (Å²) in [5, 5.41) is 13.3. The average Bonchev–Trinajstić information content (AvgIpc) is 2.71. The molecule has 0 bridgehead atoms. The molecule has 1 atom stereocenters. The first-order valence-corrected chi connectivity index (χ1v) is 6.74. The lowest BCUT2D eigenvalue weighted by atomic mass is 9.87. The number of amides is 1. The van der Waals surface area contributed by atoms with Gasteiger partial charge in [0, 0.05) is 16.8 Å². The van der Waals surface area contributed by atoms with Gasteiger partial charge in [-0.15, -0.1) is 0 Å². The normalized spacial score (nSPS) is 20.0. The van der Waals surface area contributed by atoms with Gasteiger partial charge in [-0.3, -0.25) is 9.59 Å². The van der Waals surface area contributed by atoms with Crippen LogP contribution in [0.15, 0.2) is 48.5 Å². The van der Waals surface area contributed by atoms with Crippen LogP contribution < -0.4 is 5.32 Å². The quantitative estimate of drug-likeness (QED) is 0.849. The zero-order valence-electron chi connectivity index (χ0n) is 11.6. The predicted molar refractivity (Wildman–Crippen MR) is 79.1 cm³/mol. The fourth-order valence-corrected chi connectivity index (χ4v) is 2.69. The van der Waals surface area contributed by atoms with Crippen molar-refractivity contribution in [1.82, 2.24) is 0 Å². The van der Waals surface area contributed by atoms with Crippen molar-refractivity contribution in [2.75, 3.05) is 5.32 Å². The summed E-state index contributed by atoms with van der Waals surface area (Å²) < 4.78 is 0. The van der Waals surface area contributed by atoms with E-state index in [-0.39, 0.29) is 12.2 Å². The van der Waals surface area contributed by atoms with E-state index in [9.17, 15) is 14.7 Å². The molecule has 2 aromatic rings. The van der Waals surface area contributed by atoms with Crippen LogP contribution >= 0.6 is 0 Å². The van der Waals surface area contributed by atoms with Crippen molar-refractivity contribution in [3.05, 3.63) is 65.2 Å². The number of carbonyl (C=O) groups excluding carboxylic acids is 2. The van der Waals surface area contributed by atoms with Crippen LogP contribution in [0.25, 0.3) is 0 Å². The summed E-state index contributed by atoms with van der Waals surface area (Å²) in [5.74, 6) is -0.798. The number of anilines is 1. The van der Waals surface area contributed by atoms with Crippen LogP contribution in [0.5, 0.6) is 0 Å². The second-order valence-corrected chi connectivity index (χ2v) is 5.27. The maximum absolute atomic E-state index is 12.4. The lowest BCUT2D eigenvalue weighted by molar-refractivity contribution is -0.133. The molecule has 0 saturated carbocycles. The maximum Gasteiger partial charge on any atom is 0.261 e. The number of rotatable bonds is 3. The Morgan fingerprint density at radius 1 is 1.14 bits per heavy atom. The van der Waals surface area contributed by atoms with Crippen molar-refractivity contribution in [3.8, 4) is 0 Å². The van der Waals surface area contributed by atoms with Crippen LogP contribution in [-0.2, 0) is 10.4 Å². The molecule has 1 heterocycles. The highest BCUT2D eigenvalue weighted by atomic mass is 16.3. The van der Waals surface area contributed by atoms with Crippen molar-refractivity contribution >= 4 is 17.4 Å². The lowest BCUT2D eigenvalue weighted by Gasteiger charge is -2.20. The number of benzene rings is 2. The molecule has 21 heavy (non-hydrogen) atoms. The highest BCUT2D eigenvalue weighted by molar-refractivity contribution is 6.09. The van der Waals surface area contributed by atoms with Gasteiger partial charge >= 0.3 is 0 Å². The van der Waals surface area contributed by atoms with E-state index in [0.29, 0.717) is 16.8 Å². The number of para-hydroxylation sites is 1. The Hall–Kier alpha value is -2.46. The van der Waals surface area contributed by atoms with Crippen molar-refractivity contribution in [1.29, 1.82) is 0 Å². The zero-order valence-corrected chi connectivity index (χ0v) is 11.6. The Bertz CT molecular complexity index is 738. The summed E-state index contributed by atoms with van der Waals surface area (Å²) in [5.41, 5.74) is 0.580. The molecule has 1 amide bonds. The summed E-state index contributed by atoms with van der Waals surface area (Å²) in [7, 11) is 0. The molecule has 1 aliphatic rings.